The van der Waals surface area contributed by atoms with Crippen LogP contribution in [0.3, 0.4) is 0 Å². The Balaban J connectivity index is 1.99. The van der Waals surface area contributed by atoms with E-state index >= 15 is 0 Å². The number of carboxylic acid groups (broad SMARTS) is 1. The molecule has 0 aliphatic carbocycles. The van der Waals surface area contributed by atoms with E-state index in [1.807, 2.05) is 6.07 Å². The van der Waals surface area contributed by atoms with Crippen LogP contribution in [0.15, 0.2) is 57.9 Å². The summed E-state index contributed by atoms with van der Waals surface area (Å²) in [5.41, 5.74) is 1.03. The first-order valence-electron chi connectivity index (χ1n) is 7.25. The summed E-state index contributed by atoms with van der Waals surface area (Å²) in [6, 6.07) is 13.4. The predicted molar refractivity (Wildman–Crippen MR) is 88.0 cm³/mol. The molecular formula is C18H12N2O5. The zero-order chi connectivity index (χ0) is 17.8. The Kier molecular flexibility index (Phi) is 4.35. The van der Waals surface area contributed by atoms with Crippen LogP contribution in [0.1, 0.15) is 5.56 Å². The van der Waals surface area contributed by atoms with Crippen molar-refractivity contribution in [3.8, 4) is 34.4 Å². The first-order valence-corrected chi connectivity index (χ1v) is 7.25. The van der Waals surface area contributed by atoms with E-state index in [2.05, 4.69) is 4.98 Å². The number of furan rings is 1. The van der Waals surface area contributed by atoms with Crippen molar-refractivity contribution in [2.75, 3.05) is 6.61 Å². The van der Waals surface area contributed by atoms with Crippen LogP contribution in [0, 0.1) is 11.3 Å². The van der Waals surface area contributed by atoms with Crippen LogP contribution in [-0.2, 0) is 4.79 Å². The number of hydrogen-bond donors (Lipinski definition) is 2. The van der Waals surface area contributed by atoms with Crippen LogP contribution < -0.4 is 10.3 Å². The molecule has 2 heterocycles. The van der Waals surface area contributed by atoms with Gasteiger partial charge in [0, 0.05) is 11.3 Å². The van der Waals surface area contributed by atoms with E-state index < -0.39 is 18.1 Å². The van der Waals surface area contributed by atoms with E-state index in [-0.39, 0.29) is 5.56 Å². The minimum atomic E-state index is -1.07. The van der Waals surface area contributed by atoms with Crippen LogP contribution in [0.2, 0.25) is 0 Å². The second kappa shape index (κ2) is 6.76. The van der Waals surface area contributed by atoms with E-state index in [9.17, 15) is 14.9 Å². The highest BCUT2D eigenvalue weighted by atomic mass is 16.5. The van der Waals surface area contributed by atoms with Gasteiger partial charge in [0.05, 0.1) is 6.26 Å². The number of aromatic amines is 1. The summed E-state index contributed by atoms with van der Waals surface area (Å²) in [7, 11) is 0. The third kappa shape index (κ3) is 3.43. The second-order valence-electron chi connectivity index (χ2n) is 5.10. The quantitative estimate of drug-likeness (QED) is 0.740. The van der Waals surface area contributed by atoms with Gasteiger partial charge in [-0.15, -0.1) is 0 Å². The number of carboxylic acids is 1. The number of nitrogens with one attached hydrogen (secondary N) is 1. The summed E-state index contributed by atoms with van der Waals surface area (Å²) in [6.07, 6.45) is 1.46. The van der Waals surface area contributed by atoms with Gasteiger partial charge in [-0.25, -0.2) is 4.79 Å². The zero-order valence-electron chi connectivity index (χ0n) is 12.9. The third-order valence-electron chi connectivity index (χ3n) is 3.46. The van der Waals surface area contributed by atoms with Crippen LogP contribution in [0.25, 0.3) is 22.6 Å². The van der Waals surface area contributed by atoms with E-state index in [0.717, 1.165) is 0 Å². The molecule has 0 spiro atoms. The maximum Gasteiger partial charge on any atom is 0.341 e. The number of nitrogens with zero attached hydrogens (tertiary/aromatic N) is 1. The minimum absolute atomic E-state index is 0.0277. The van der Waals surface area contributed by atoms with Gasteiger partial charge in [-0.2, -0.15) is 5.26 Å². The predicted octanol–water partition coefficient (Wildman–Crippen LogP) is 2.64. The molecule has 0 aliphatic heterocycles. The number of aromatic nitrogens is 1. The summed E-state index contributed by atoms with van der Waals surface area (Å²) in [4.78, 5) is 25.4. The van der Waals surface area contributed by atoms with Gasteiger partial charge in [0.25, 0.3) is 5.56 Å². The topological polar surface area (TPSA) is 116 Å². The number of ether oxygens (including phenoxy) is 1. The molecule has 0 bridgehead atoms. The fourth-order valence-corrected chi connectivity index (χ4v) is 2.33. The van der Waals surface area contributed by atoms with Crippen LogP contribution >= 0.6 is 0 Å². The number of H-pyrrole nitrogens is 1. The summed E-state index contributed by atoms with van der Waals surface area (Å²) < 4.78 is 10.4. The van der Waals surface area contributed by atoms with Crippen LogP contribution in [0.4, 0.5) is 0 Å². The fraction of sp³-hybridized carbons (Fsp3) is 0.0556. The monoisotopic (exact) mass is 336 g/mol. The molecule has 0 unspecified atom stereocenters. The second-order valence-corrected chi connectivity index (χ2v) is 5.10. The lowest BCUT2D eigenvalue weighted by Crippen LogP contribution is -2.12. The highest BCUT2D eigenvalue weighted by molar-refractivity contribution is 5.72. The van der Waals surface area contributed by atoms with Gasteiger partial charge in [-0.3, -0.25) is 4.79 Å². The van der Waals surface area contributed by atoms with E-state index in [1.165, 1.54) is 6.26 Å². The van der Waals surface area contributed by atoms with E-state index in [1.54, 1.807) is 42.5 Å². The molecule has 0 aliphatic rings. The molecule has 124 valence electrons. The van der Waals surface area contributed by atoms with Gasteiger partial charge in [-0.1, -0.05) is 0 Å². The number of rotatable bonds is 5. The average molecular weight is 336 g/mol. The first-order chi connectivity index (χ1) is 12.1. The Morgan fingerprint density at radius 2 is 2.04 bits per heavy atom. The Bertz CT molecular complexity index is 995. The Morgan fingerprint density at radius 1 is 1.28 bits per heavy atom. The summed E-state index contributed by atoms with van der Waals surface area (Å²) >= 11 is 0. The van der Waals surface area contributed by atoms with Crippen molar-refractivity contribution in [2.45, 2.75) is 0 Å². The van der Waals surface area contributed by atoms with Crippen molar-refractivity contribution in [3.63, 3.8) is 0 Å². The SMILES string of the molecule is N#Cc1c(-c2ccco2)cc(-c2ccc(OCC(=O)O)cc2)[nH]c1=O. The lowest BCUT2D eigenvalue weighted by Gasteiger charge is -2.07. The summed E-state index contributed by atoms with van der Waals surface area (Å²) in [5, 5.41) is 17.8. The van der Waals surface area contributed by atoms with E-state index in [4.69, 9.17) is 14.3 Å². The van der Waals surface area contributed by atoms with Gasteiger partial charge >= 0.3 is 5.97 Å². The molecule has 25 heavy (non-hydrogen) atoms. The molecule has 2 aromatic heterocycles. The highest BCUT2D eigenvalue weighted by Gasteiger charge is 2.14. The summed E-state index contributed by atoms with van der Waals surface area (Å²) in [6.45, 7) is -0.435. The largest absolute Gasteiger partial charge is 0.482 e. The molecule has 0 fully saturated rings. The minimum Gasteiger partial charge on any atom is -0.482 e. The number of benzene rings is 1. The molecule has 0 saturated carbocycles. The van der Waals surface area contributed by atoms with Crippen LogP contribution in [-0.4, -0.2) is 22.7 Å². The molecule has 7 heteroatoms. The molecule has 0 saturated heterocycles. The number of nitriles is 1. The van der Waals surface area contributed by atoms with Crippen LogP contribution in [0.5, 0.6) is 5.75 Å². The average Bonchev–Trinajstić information content (AvgIpc) is 3.14. The standard InChI is InChI=1S/C18H12N2O5/c19-9-14-13(16-2-1-7-24-16)8-15(20-18(14)23)11-3-5-12(6-4-11)25-10-17(21)22/h1-8H,10H2,(H,20,23)(H,21,22). The molecule has 3 aromatic rings. The van der Waals surface area contributed by atoms with Gasteiger partial charge in [0.1, 0.15) is 23.1 Å². The summed E-state index contributed by atoms with van der Waals surface area (Å²) in [5.74, 6) is -0.248. The number of aliphatic carboxylic acids is 1. The third-order valence-corrected chi connectivity index (χ3v) is 3.46. The molecule has 1 aromatic carbocycles. The Labute approximate surface area is 141 Å². The molecule has 2 N–H and O–H groups in total. The Morgan fingerprint density at radius 3 is 2.64 bits per heavy atom. The van der Waals surface area contributed by atoms with Crippen molar-refractivity contribution in [1.82, 2.24) is 4.98 Å². The molecule has 0 radical (unpaired) electrons. The fourth-order valence-electron chi connectivity index (χ4n) is 2.33. The normalized spacial score (nSPS) is 10.2. The maximum absolute atomic E-state index is 12.2. The lowest BCUT2D eigenvalue weighted by molar-refractivity contribution is -0.139. The van der Waals surface area contributed by atoms with Crippen molar-refractivity contribution in [1.29, 1.82) is 5.26 Å². The zero-order valence-corrected chi connectivity index (χ0v) is 12.9. The van der Waals surface area contributed by atoms with Crippen molar-refractivity contribution in [3.05, 3.63) is 64.6 Å². The molecular weight excluding hydrogens is 324 g/mol. The van der Waals surface area contributed by atoms with Gasteiger partial charge in [-0.05, 0) is 48.0 Å². The Hall–Kier alpha value is -3.79. The smallest absolute Gasteiger partial charge is 0.341 e. The first kappa shape index (κ1) is 16.1. The van der Waals surface area contributed by atoms with Gasteiger partial charge in [0.15, 0.2) is 6.61 Å². The highest BCUT2D eigenvalue weighted by Crippen LogP contribution is 2.27. The van der Waals surface area contributed by atoms with E-state index in [0.29, 0.717) is 28.3 Å². The molecule has 3 rings (SSSR count). The van der Waals surface area contributed by atoms with Crippen molar-refractivity contribution >= 4 is 5.97 Å². The maximum atomic E-state index is 12.2. The molecule has 7 nitrogen and oxygen atoms in total. The number of pyridine rings is 1. The lowest BCUT2D eigenvalue weighted by atomic mass is 10.0. The van der Waals surface area contributed by atoms with Crippen molar-refractivity contribution in [2.24, 2.45) is 0 Å². The van der Waals surface area contributed by atoms with Crippen molar-refractivity contribution < 1.29 is 19.1 Å². The van der Waals surface area contributed by atoms with Gasteiger partial charge in [0.2, 0.25) is 0 Å². The molecule has 0 atom stereocenters. The number of carbonyl (C=O) groups is 1. The van der Waals surface area contributed by atoms with Gasteiger partial charge < -0.3 is 19.2 Å². The number of hydrogen-bond acceptors (Lipinski definition) is 5. The molecule has 0 amide bonds.